The van der Waals surface area contributed by atoms with E-state index < -0.39 is 29.8 Å². The van der Waals surface area contributed by atoms with Gasteiger partial charge in [0.1, 0.15) is 17.6 Å². The predicted molar refractivity (Wildman–Crippen MR) is 72.1 cm³/mol. The quantitative estimate of drug-likeness (QED) is 0.914. The smallest absolute Gasteiger partial charge is 0.327 e. The Morgan fingerprint density at radius 2 is 2.30 bits per heavy atom. The summed E-state index contributed by atoms with van der Waals surface area (Å²) in [6.45, 7) is 1.52. The number of hydrogen-bond acceptors (Lipinski definition) is 4. The summed E-state index contributed by atoms with van der Waals surface area (Å²) in [5, 5.41) is 9.04. The van der Waals surface area contributed by atoms with Gasteiger partial charge in [0, 0.05) is 11.8 Å². The van der Waals surface area contributed by atoms with Gasteiger partial charge in [-0.3, -0.25) is 4.79 Å². The van der Waals surface area contributed by atoms with E-state index in [-0.39, 0.29) is 5.75 Å². The van der Waals surface area contributed by atoms with Crippen LogP contribution >= 0.6 is 11.8 Å². The van der Waals surface area contributed by atoms with Crippen molar-refractivity contribution in [3.63, 3.8) is 0 Å². The number of amides is 1. The monoisotopic (exact) mass is 299 g/mol. The van der Waals surface area contributed by atoms with Crippen LogP contribution in [0.1, 0.15) is 6.92 Å². The van der Waals surface area contributed by atoms with Crippen LogP contribution in [0.5, 0.6) is 5.75 Å². The highest BCUT2D eigenvalue weighted by Crippen LogP contribution is 2.23. The third kappa shape index (κ3) is 3.22. The number of carbonyl (C=O) groups is 2. The van der Waals surface area contributed by atoms with Crippen LogP contribution in [0.25, 0.3) is 0 Å². The molecule has 5 nitrogen and oxygen atoms in total. The number of carboxylic acids is 1. The zero-order chi connectivity index (χ0) is 14.7. The largest absolute Gasteiger partial charge is 0.481 e. The lowest BCUT2D eigenvalue weighted by Crippen LogP contribution is -2.47. The number of hydrogen-bond donors (Lipinski definition) is 1. The number of carbonyl (C=O) groups excluding carboxylic acids is 1. The van der Waals surface area contributed by atoms with Gasteiger partial charge in [0.2, 0.25) is 0 Å². The summed E-state index contributed by atoms with van der Waals surface area (Å²) in [6.07, 6.45) is -0.864. The first-order valence-corrected chi connectivity index (χ1v) is 7.18. The Balaban J connectivity index is 2.03. The topological polar surface area (TPSA) is 66.8 Å². The molecule has 0 saturated carbocycles. The minimum atomic E-state index is -1.03. The fourth-order valence-corrected chi connectivity index (χ4v) is 3.05. The van der Waals surface area contributed by atoms with Crippen molar-refractivity contribution in [3.05, 3.63) is 30.1 Å². The summed E-state index contributed by atoms with van der Waals surface area (Å²) in [4.78, 5) is 24.5. The first-order valence-electron chi connectivity index (χ1n) is 6.02. The maximum absolute atomic E-state index is 13.0. The summed E-state index contributed by atoms with van der Waals surface area (Å²) < 4.78 is 18.4. The number of carboxylic acid groups (broad SMARTS) is 1. The number of nitrogens with zero attached hydrogens (tertiary/aromatic N) is 1. The molecule has 1 aromatic carbocycles. The highest BCUT2D eigenvalue weighted by Gasteiger charge is 2.37. The highest BCUT2D eigenvalue weighted by molar-refractivity contribution is 7.99. The molecule has 7 heteroatoms. The molecule has 0 aliphatic carbocycles. The van der Waals surface area contributed by atoms with E-state index in [9.17, 15) is 14.0 Å². The molecule has 1 aromatic rings. The van der Waals surface area contributed by atoms with E-state index in [0.717, 1.165) is 0 Å². The Bertz CT molecular complexity index is 525. The second-order valence-electron chi connectivity index (χ2n) is 4.38. The Morgan fingerprint density at radius 1 is 1.55 bits per heavy atom. The fourth-order valence-electron chi connectivity index (χ4n) is 1.89. The molecule has 2 unspecified atom stereocenters. The van der Waals surface area contributed by atoms with Crippen LogP contribution < -0.4 is 4.74 Å². The molecule has 108 valence electrons. The number of halogens is 1. The summed E-state index contributed by atoms with van der Waals surface area (Å²) in [5.41, 5.74) is 0. The number of rotatable bonds is 4. The second-order valence-corrected chi connectivity index (χ2v) is 5.38. The molecule has 0 bridgehead atoms. The molecule has 1 aliphatic rings. The molecule has 1 N–H and O–H groups in total. The maximum Gasteiger partial charge on any atom is 0.327 e. The normalized spacial score (nSPS) is 19.7. The Hall–Kier alpha value is -1.76. The minimum absolute atomic E-state index is 0.240. The number of benzene rings is 1. The summed E-state index contributed by atoms with van der Waals surface area (Å²) in [5.74, 6) is -0.958. The average molecular weight is 299 g/mol. The van der Waals surface area contributed by atoms with Gasteiger partial charge < -0.3 is 14.7 Å². The van der Waals surface area contributed by atoms with Gasteiger partial charge in [-0.1, -0.05) is 6.07 Å². The van der Waals surface area contributed by atoms with E-state index in [0.29, 0.717) is 11.6 Å². The molecule has 1 saturated heterocycles. The highest BCUT2D eigenvalue weighted by atomic mass is 32.2. The van der Waals surface area contributed by atoms with Crippen LogP contribution in [-0.2, 0) is 9.59 Å². The van der Waals surface area contributed by atoms with Gasteiger partial charge in [0.25, 0.3) is 5.91 Å². The molecular weight excluding hydrogens is 285 g/mol. The van der Waals surface area contributed by atoms with Crippen LogP contribution in [0.15, 0.2) is 24.3 Å². The number of aliphatic carboxylic acids is 1. The van der Waals surface area contributed by atoms with Crippen molar-refractivity contribution in [2.24, 2.45) is 0 Å². The zero-order valence-electron chi connectivity index (χ0n) is 10.8. The lowest BCUT2D eigenvalue weighted by atomic mass is 10.2. The molecule has 1 fully saturated rings. The summed E-state index contributed by atoms with van der Waals surface area (Å²) in [6, 6.07) is 4.65. The van der Waals surface area contributed by atoms with Crippen LogP contribution in [0.4, 0.5) is 4.39 Å². The standard InChI is InChI=1S/C13H14FNO4S/c1-8(19-10-4-2-3-9(14)5-10)12(16)15-7-20-6-11(15)13(17)18/h2-5,8,11H,6-7H2,1H3,(H,17,18). The lowest BCUT2D eigenvalue weighted by Gasteiger charge is -2.24. The Kier molecular flexibility index (Phi) is 4.49. The third-order valence-corrected chi connectivity index (χ3v) is 3.92. The Morgan fingerprint density at radius 3 is 2.95 bits per heavy atom. The maximum atomic E-state index is 13.0. The molecule has 1 amide bonds. The number of thioether (sulfide) groups is 1. The van der Waals surface area contributed by atoms with E-state index >= 15 is 0 Å². The van der Waals surface area contributed by atoms with Gasteiger partial charge in [-0.2, -0.15) is 0 Å². The first kappa shape index (κ1) is 14.6. The van der Waals surface area contributed by atoms with Crippen LogP contribution in [-0.4, -0.2) is 45.7 Å². The molecule has 20 heavy (non-hydrogen) atoms. The van der Waals surface area contributed by atoms with Gasteiger partial charge in [-0.15, -0.1) is 11.8 Å². The summed E-state index contributed by atoms with van der Waals surface area (Å²) >= 11 is 1.38. The van der Waals surface area contributed by atoms with Crippen molar-refractivity contribution in [1.29, 1.82) is 0 Å². The van der Waals surface area contributed by atoms with Crippen molar-refractivity contribution < 1.29 is 23.8 Å². The minimum Gasteiger partial charge on any atom is -0.481 e. The van der Waals surface area contributed by atoms with Crippen molar-refractivity contribution >= 4 is 23.6 Å². The Labute approximate surface area is 119 Å². The average Bonchev–Trinajstić information content (AvgIpc) is 2.87. The van der Waals surface area contributed by atoms with Gasteiger partial charge in [0.15, 0.2) is 6.10 Å². The van der Waals surface area contributed by atoms with Gasteiger partial charge >= 0.3 is 5.97 Å². The van der Waals surface area contributed by atoms with E-state index in [4.69, 9.17) is 9.84 Å². The molecule has 1 aliphatic heterocycles. The van der Waals surface area contributed by atoms with Crippen LogP contribution in [0.3, 0.4) is 0 Å². The molecular formula is C13H14FNO4S. The molecule has 0 radical (unpaired) electrons. The number of ether oxygens (including phenoxy) is 1. The SMILES string of the molecule is CC(Oc1cccc(F)c1)C(=O)N1CSCC1C(=O)O. The van der Waals surface area contributed by atoms with E-state index in [1.807, 2.05) is 0 Å². The second kappa shape index (κ2) is 6.13. The van der Waals surface area contributed by atoms with E-state index in [1.165, 1.54) is 41.8 Å². The predicted octanol–water partition coefficient (Wildman–Crippen LogP) is 1.58. The van der Waals surface area contributed by atoms with Crippen molar-refractivity contribution in [2.45, 2.75) is 19.1 Å². The van der Waals surface area contributed by atoms with Crippen molar-refractivity contribution in [1.82, 2.24) is 4.90 Å². The first-order chi connectivity index (χ1) is 9.49. The fraction of sp³-hybridized carbons (Fsp3) is 0.385. The summed E-state index contributed by atoms with van der Waals surface area (Å²) in [7, 11) is 0. The van der Waals surface area contributed by atoms with Crippen LogP contribution in [0.2, 0.25) is 0 Å². The molecule has 0 spiro atoms. The van der Waals surface area contributed by atoms with Crippen molar-refractivity contribution in [3.8, 4) is 5.75 Å². The lowest BCUT2D eigenvalue weighted by molar-refractivity contribution is -0.150. The van der Waals surface area contributed by atoms with E-state index in [2.05, 4.69) is 0 Å². The van der Waals surface area contributed by atoms with Crippen molar-refractivity contribution in [2.75, 3.05) is 11.6 Å². The van der Waals surface area contributed by atoms with Gasteiger partial charge in [-0.25, -0.2) is 9.18 Å². The third-order valence-electron chi connectivity index (χ3n) is 2.91. The zero-order valence-corrected chi connectivity index (χ0v) is 11.6. The van der Waals surface area contributed by atoms with Gasteiger partial charge in [-0.05, 0) is 19.1 Å². The van der Waals surface area contributed by atoms with Gasteiger partial charge in [0.05, 0.1) is 5.88 Å². The van der Waals surface area contributed by atoms with E-state index in [1.54, 1.807) is 6.07 Å². The van der Waals surface area contributed by atoms with Crippen LogP contribution in [0, 0.1) is 5.82 Å². The molecule has 1 heterocycles. The molecule has 2 rings (SSSR count). The molecule has 0 aromatic heterocycles. The molecule has 2 atom stereocenters.